The highest BCUT2D eigenvalue weighted by molar-refractivity contribution is 4.77. The minimum Gasteiger partial charge on any atom is -0.395 e. The van der Waals surface area contributed by atoms with Crippen molar-refractivity contribution < 1.29 is 5.11 Å². The van der Waals surface area contributed by atoms with Crippen LogP contribution >= 0.6 is 0 Å². The number of aliphatic hydroxyl groups excluding tert-OH is 1. The lowest BCUT2D eigenvalue weighted by atomic mass is 10.1. The van der Waals surface area contributed by atoms with Gasteiger partial charge in [-0.05, 0) is 19.9 Å². The van der Waals surface area contributed by atoms with Crippen molar-refractivity contribution in [2.24, 2.45) is 0 Å². The summed E-state index contributed by atoms with van der Waals surface area (Å²) in [5.74, 6) is 0. The average molecular weight is 115 g/mol. The van der Waals surface area contributed by atoms with E-state index in [1.807, 2.05) is 0 Å². The zero-order chi connectivity index (χ0) is 5.98. The Balaban J connectivity index is 2.08. The van der Waals surface area contributed by atoms with E-state index < -0.39 is 0 Å². The molecule has 0 spiro atoms. The fraction of sp³-hybridized carbons (Fsp3) is 1.00. The van der Waals surface area contributed by atoms with E-state index in [1.165, 1.54) is 13.0 Å². The summed E-state index contributed by atoms with van der Waals surface area (Å²) in [6.07, 6.45) is 1.31. The van der Waals surface area contributed by atoms with Crippen LogP contribution in [0.5, 0.6) is 0 Å². The molecule has 0 unspecified atom stereocenters. The number of aliphatic hydroxyl groups is 1. The second-order valence-corrected chi connectivity index (χ2v) is 2.40. The van der Waals surface area contributed by atoms with Crippen LogP contribution in [0.2, 0.25) is 0 Å². The lowest BCUT2D eigenvalue weighted by Crippen LogP contribution is -2.46. The van der Waals surface area contributed by atoms with E-state index in [0.29, 0.717) is 6.61 Å². The molecule has 1 aliphatic heterocycles. The molecule has 0 radical (unpaired) electrons. The molecule has 1 rings (SSSR count). The summed E-state index contributed by atoms with van der Waals surface area (Å²) in [4.78, 5) is 2.28. The molecule has 48 valence electrons. The monoisotopic (exact) mass is 115 g/mol. The van der Waals surface area contributed by atoms with E-state index in [-0.39, 0.29) is 0 Å². The van der Waals surface area contributed by atoms with Gasteiger partial charge in [-0.15, -0.1) is 0 Å². The number of likely N-dealkylation sites (tertiary alicyclic amines) is 1. The van der Waals surface area contributed by atoms with Gasteiger partial charge in [-0.25, -0.2) is 0 Å². The van der Waals surface area contributed by atoms with E-state index >= 15 is 0 Å². The van der Waals surface area contributed by atoms with Crippen molar-refractivity contribution in [2.45, 2.75) is 19.4 Å². The molecule has 2 nitrogen and oxygen atoms in total. The fourth-order valence-electron chi connectivity index (χ4n) is 1.03. The van der Waals surface area contributed by atoms with Gasteiger partial charge in [-0.3, -0.25) is 4.90 Å². The summed E-state index contributed by atoms with van der Waals surface area (Å²) in [7, 11) is 0. The lowest BCUT2D eigenvalue weighted by Gasteiger charge is -2.37. The Labute approximate surface area is 50.1 Å². The molecular weight excluding hydrogens is 102 g/mol. The molecule has 0 saturated carbocycles. The van der Waals surface area contributed by atoms with Crippen molar-refractivity contribution >= 4 is 0 Å². The SMILES string of the molecule is C[C@H]1CCN1CCO. The van der Waals surface area contributed by atoms with E-state index in [1.54, 1.807) is 0 Å². The molecule has 0 aromatic heterocycles. The first-order valence-electron chi connectivity index (χ1n) is 3.19. The van der Waals surface area contributed by atoms with Crippen molar-refractivity contribution in [1.82, 2.24) is 4.90 Å². The molecule has 0 bridgehead atoms. The molecule has 0 aromatic carbocycles. The lowest BCUT2D eigenvalue weighted by molar-refractivity contribution is 0.0800. The zero-order valence-corrected chi connectivity index (χ0v) is 5.30. The van der Waals surface area contributed by atoms with Crippen LogP contribution in [0.25, 0.3) is 0 Å². The molecule has 0 aromatic rings. The molecule has 0 aliphatic carbocycles. The van der Waals surface area contributed by atoms with Crippen molar-refractivity contribution in [1.29, 1.82) is 0 Å². The molecule has 2 heteroatoms. The summed E-state index contributed by atoms with van der Waals surface area (Å²) in [6, 6.07) is 0.724. The highest BCUT2D eigenvalue weighted by Crippen LogP contribution is 2.14. The maximum Gasteiger partial charge on any atom is 0.0558 e. The summed E-state index contributed by atoms with van der Waals surface area (Å²) in [5.41, 5.74) is 0. The predicted molar refractivity (Wildman–Crippen MR) is 32.7 cm³/mol. The normalized spacial score (nSPS) is 30.0. The maximum atomic E-state index is 8.48. The standard InChI is InChI=1S/C6H13NO/c1-6-2-3-7(6)4-5-8/h6,8H,2-5H2,1H3/t6-/m0/s1. The van der Waals surface area contributed by atoms with Gasteiger partial charge in [0.05, 0.1) is 6.61 Å². The predicted octanol–water partition coefficient (Wildman–Crippen LogP) is 0.0729. The highest BCUT2D eigenvalue weighted by Gasteiger charge is 2.21. The minimum atomic E-state index is 0.310. The second-order valence-electron chi connectivity index (χ2n) is 2.40. The molecule has 0 amide bonds. The molecule has 1 heterocycles. The third-order valence-electron chi connectivity index (χ3n) is 1.84. The van der Waals surface area contributed by atoms with Crippen molar-refractivity contribution in [3.05, 3.63) is 0 Å². The summed E-state index contributed by atoms with van der Waals surface area (Å²) < 4.78 is 0. The van der Waals surface area contributed by atoms with Crippen LogP contribution in [0, 0.1) is 0 Å². The van der Waals surface area contributed by atoms with Gasteiger partial charge < -0.3 is 5.11 Å². The molecule has 1 saturated heterocycles. The quantitative estimate of drug-likeness (QED) is 0.550. The Morgan fingerprint density at radius 2 is 2.50 bits per heavy atom. The first-order valence-corrected chi connectivity index (χ1v) is 3.19. The first kappa shape index (κ1) is 6.05. The van der Waals surface area contributed by atoms with Gasteiger partial charge >= 0.3 is 0 Å². The van der Waals surface area contributed by atoms with Gasteiger partial charge in [-0.1, -0.05) is 0 Å². The van der Waals surface area contributed by atoms with Crippen LogP contribution in [-0.2, 0) is 0 Å². The Bertz CT molecular complexity index is 74.9. The van der Waals surface area contributed by atoms with Gasteiger partial charge in [0.2, 0.25) is 0 Å². The molecule has 1 N–H and O–H groups in total. The summed E-state index contributed by atoms with van der Waals surface area (Å²) in [5, 5.41) is 8.48. The number of rotatable bonds is 2. The van der Waals surface area contributed by atoms with Gasteiger partial charge in [0.15, 0.2) is 0 Å². The van der Waals surface area contributed by atoms with Crippen LogP contribution in [0.3, 0.4) is 0 Å². The molecule has 8 heavy (non-hydrogen) atoms. The van der Waals surface area contributed by atoms with E-state index in [0.717, 1.165) is 12.6 Å². The number of β-amino-alcohol motifs (C(OH)–C–C–N with tert-alkyl or cyclic N) is 1. The topological polar surface area (TPSA) is 23.5 Å². The average Bonchev–Trinajstić information content (AvgIpc) is 1.79. The van der Waals surface area contributed by atoms with E-state index in [4.69, 9.17) is 5.11 Å². The largest absolute Gasteiger partial charge is 0.395 e. The van der Waals surface area contributed by atoms with Gasteiger partial charge in [0, 0.05) is 12.6 Å². The van der Waals surface area contributed by atoms with Crippen LogP contribution in [-0.4, -0.2) is 35.7 Å². The third-order valence-corrected chi connectivity index (χ3v) is 1.84. The van der Waals surface area contributed by atoms with Crippen LogP contribution in [0.4, 0.5) is 0 Å². The highest BCUT2D eigenvalue weighted by atomic mass is 16.3. The Morgan fingerprint density at radius 1 is 1.75 bits per heavy atom. The van der Waals surface area contributed by atoms with Crippen molar-refractivity contribution in [3.63, 3.8) is 0 Å². The summed E-state index contributed by atoms with van der Waals surface area (Å²) >= 11 is 0. The molecule has 1 aliphatic rings. The van der Waals surface area contributed by atoms with Gasteiger partial charge in [-0.2, -0.15) is 0 Å². The van der Waals surface area contributed by atoms with Crippen LogP contribution in [0.1, 0.15) is 13.3 Å². The van der Waals surface area contributed by atoms with E-state index in [9.17, 15) is 0 Å². The molecule has 1 fully saturated rings. The molecule has 1 atom stereocenters. The number of nitrogens with zero attached hydrogens (tertiary/aromatic N) is 1. The fourth-order valence-corrected chi connectivity index (χ4v) is 1.03. The maximum absolute atomic E-state index is 8.48. The first-order chi connectivity index (χ1) is 3.84. The van der Waals surface area contributed by atoms with Crippen LogP contribution < -0.4 is 0 Å². The number of hydrogen-bond acceptors (Lipinski definition) is 2. The van der Waals surface area contributed by atoms with Crippen LogP contribution in [0.15, 0.2) is 0 Å². The van der Waals surface area contributed by atoms with Crippen molar-refractivity contribution in [3.8, 4) is 0 Å². The van der Waals surface area contributed by atoms with Gasteiger partial charge in [0.1, 0.15) is 0 Å². The number of hydrogen-bond donors (Lipinski definition) is 1. The molecular formula is C6H13NO. The Morgan fingerprint density at radius 3 is 2.62 bits per heavy atom. The van der Waals surface area contributed by atoms with Crippen molar-refractivity contribution in [2.75, 3.05) is 19.7 Å². The second kappa shape index (κ2) is 2.46. The Hall–Kier alpha value is -0.0800. The smallest absolute Gasteiger partial charge is 0.0558 e. The zero-order valence-electron chi connectivity index (χ0n) is 5.30. The third kappa shape index (κ3) is 1.01. The minimum absolute atomic E-state index is 0.310. The summed E-state index contributed by atoms with van der Waals surface area (Å²) in [6.45, 7) is 4.55. The van der Waals surface area contributed by atoms with Gasteiger partial charge in [0.25, 0.3) is 0 Å². The van der Waals surface area contributed by atoms with E-state index in [2.05, 4.69) is 11.8 Å². The Kier molecular flexibility index (Phi) is 1.86.